The van der Waals surface area contributed by atoms with Crippen LogP contribution < -0.4 is 10.1 Å². The second-order valence-corrected chi connectivity index (χ2v) is 6.63. The van der Waals surface area contributed by atoms with Crippen molar-refractivity contribution in [3.63, 3.8) is 0 Å². The van der Waals surface area contributed by atoms with Gasteiger partial charge in [-0.05, 0) is 57.2 Å². The van der Waals surface area contributed by atoms with E-state index in [9.17, 15) is 9.90 Å². The largest absolute Gasteiger partial charge is 0.491 e. The Hall–Kier alpha value is -1.39. The van der Waals surface area contributed by atoms with Gasteiger partial charge < -0.3 is 15.2 Å². The number of ether oxygens (including phenoxy) is 1. The fourth-order valence-electron chi connectivity index (χ4n) is 3.07. The SMILES string of the molecule is CCC(C)NCC(O)COc1cc(C)c2c(c1C)C(=O)CCC2. The number of rotatable bonds is 7. The molecule has 23 heavy (non-hydrogen) atoms. The van der Waals surface area contributed by atoms with Crippen molar-refractivity contribution in [3.05, 3.63) is 28.3 Å². The standard InChI is InChI=1S/C19H29NO3/c1-5-13(3)20-10-15(21)11-23-18-9-12(2)16-7-6-8-17(22)19(16)14(18)4/h9,13,15,20-21H,5-8,10-11H2,1-4H3. The molecule has 0 saturated carbocycles. The zero-order chi connectivity index (χ0) is 17.0. The predicted octanol–water partition coefficient (Wildman–Crippen LogP) is 2.95. The molecule has 0 aromatic heterocycles. The lowest BCUT2D eigenvalue weighted by molar-refractivity contribution is 0.0967. The van der Waals surface area contributed by atoms with Gasteiger partial charge in [0.2, 0.25) is 0 Å². The van der Waals surface area contributed by atoms with Crippen LogP contribution in [-0.4, -0.2) is 36.2 Å². The molecular formula is C19H29NO3. The zero-order valence-electron chi connectivity index (χ0n) is 14.7. The highest BCUT2D eigenvalue weighted by molar-refractivity contribution is 6.00. The number of nitrogens with one attached hydrogen (secondary N) is 1. The lowest BCUT2D eigenvalue weighted by Crippen LogP contribution is -2.36. The lowest BCUT2D eigenvalue weighted by atomic mass is 9.84. The Bertz CT molecular complexity index is 568. The van der Waals surface area contributed by atoms with Crippen molar-refractivity contribution < 1.29 is 14.6 Å². The summed E-state index contributed by atoms with van der Waals surface area (Å²) in [4.78, 5) is 12.2. The molecule has 1 aliphatic carbocycles. The number of ketones is 1. The summed E-state index contributed by atoms with van der Waals surface area (Å²) in [6.07, 6.45) is 2.99. The first kappa shape index (κ1) is 18.0. The lowest BCUT2D eigenvalue weighted by Gasteiger charge is -2.23. The molecule has 0 fully saturated rings. The maximum absolute atomic E-state index is 12.2. The molecule has 4 heteroatoms. The first-order valence-electron chi connectivity index (χ1n) is 8.64. The highest BCUT2D eigenvalue weighted by Gasteiger charge is 2.23. The van der Waals surface area contributed by atoms with Crippen molar-refractivity contribution in [3.8, 4) is 5.75 Å². The van der Waals surface area contributed by atoms with Crippen LogP contribution in [0.1, 0.15) is 60.2 Å². The third-order valence-corrected chi connectivity index (χ3v) is 4.72. The maximum Gasteiger partial charge on any atom is 0.163 e. The van der Waals surface area contributed by atoms with E-state index in [1.165, 1.54) is 5.56 Å². The van der Waals surface area contributed by atoms with Gasteiger partial charge in [-0.3, -0.25) is 4.79 Å². The Balaban J connectivity index is 2.05. The molecule has 2 unspecified atom stereocenters. The van der Waals surface area contributed by atoms with E-state index in [1.54, 1.807) is 0 Å². The van der Waals surface area contributed by atoms with Gasteiger partial charge in [0.1, 0.15) is 18.5 Å². The maximum atomic E-state index is 12.2. The van der Waals surface area contributed by atoms with Gasteiger partial charge >= 0.3 is 0 Å². The van der Waals surface area contributed by atoms with Crippen molar-refractivity contribution in [2.75, 3.05) is 13.2 Å². The minimum atomic E-state index is -0.560. The van der Waals surface area contributed by atoms with Gasteiger partial charge in [0.25, 0.3) is 0 Å². The quantitative estimate of drug-likeness (QED) is 0.811. The minimum Gasteiger partial charge on any atom is -0.491 e. The van der Waals surface area contributed by atoms with Gasteiger partial charge in [0, 0.05) is 30.1 Å². The number of carbonyl (C=O) groups excluding carboxylic acids is 1. The van der Waals surface area contributed by atoms with Crippen LogP contribution in [-0.2, 0) is 6.42 Å². The number of aryl methyl sites for hydroxylation is 1. The van der Waals surface area contributed by atoms with Gasteiger partial charge in [-0.25, -0.2) is 0 Å². The van der Waals surface area contributed by atoms with Crippen LogP contribution >= 0.6 is 0 Å². The molecule has 4 nitrogen and oxygen atoms in total. The van der Waals surface area contributed by atoms with E-state index >= 15 is 0 Å². The van der Waals surface area contributed by atoms with Crippen LogP contribution in [0.4, 0.5) is 0 Å². The van der Waals surface area contributed by atoms with Gasteiger partial charge in [-0.15, -0.1) is 0 Å². The number of benzene rings is 1. The van der Waals surface area contributed by atoms with Gasteiger partial charge in [-0.2, -0.15) is 0 Å². The van der Waals surface area contributed by atoms with E-state index in [-0.39, 0.29) is 12.4 Å². The topological polar surface area (TPSA) is 58.6 Å². The number of carbonyl (C=O) groups is 1. The Labute approximate surface area is 139 Å². The molecule has 1 aromatic carbocycles. The van der Waals surface area contributed by atoms with Gasteiger partial charge in [-0.1, -0.05) is 6.92 Å². The molecule has 0 saturated heterocycles. The summed E-state index contributed by atoms with van der Waals surface area (Å²) in [5, 5.41) is 13.3. The first-order valence-corrected chi connectivity index (χ1v) is 8.64. The average Bonchev–Trinajstić information content (AvgIpc) is 2.54. The fraction of sp³-hybridized carbons (Fsp3) is 0.632. The van der Waals surface area contributed by atoms with E-state index in [4.69, 9.17) is 4.74 Å². The second kappa shape index (κ2) is 7.93. The van der Waals surface area contributed by atoms with Crippen LogP contribution in [0.2, 0.25) is 0 Å². The Morgan fingerprint density at radius 1 is 1.35 bits per heavy atom. The van der Waals surface area contributed by atoms with Crippen LogP contribution in [0.25, 0.3) is 0 Å². The molecule has 2 rings (SSSR count). The Morgan fingerprint density at radius 3 is 2.78 bits per heavy atom. The normalized spacial score (nSPS) is 16.8. The molecule has 0 spiro atoms. The highest BCUT2D eigenvalue weighted by atomic mass is 16.5. The monoisotopic (exact) mass is 319 g/mol. The molecule has 1 aliphatic rings. The molecule has 128 valence electrons. The Morgan fingerprint density at radius 2 is 2.09 bits per heavy atom. The molecular weight excluding hydrogens is 290 g/mol. The van der Waals surface area contributed by atoms with Crippen LogP contribution in [0, 0.1) is 13.8 Å². The third kappa shape index (κ3) is 4.33. The van der Waals surface area contributed by atoms with Crippen molar-refractivity contribution >= 4 is 5.78 Å². The summed E-state index contributed by atoms with van der Waals surface area (Å²) >= 11 is 0. The van der Waals surface area contributed by atoms with E-state index in [1.807, 2.05) is 19.9 Å². The summed E-state index contributed by atoms with van der Waals surface area (Å²) in [6, 6.07) is 2.39. The predicted molar refractivity (Wildman–Crippen MR) is 92.4 cm³/mol. The number of aliphatic hydroxyl groups is 1. The van der Waals surface area contributed by atoms with E-state index in [0.29, 0.717) is 19.0 Å². The molecule has 0 aliphatic heterocycles. The number of fused-ring (bicyclic) bond motifs is 1. The van der Waals surface area contributed by atoms with Gasteiger partial charge in [0.15, 0.2) is 5.78 Å². The van der Waals surface area contributed by atoms with Crippen molar-refractivity contribution in [1.29, 1.82) is 0 Å². The van der Waals surface area contributed by atoms with E-state index in [2.05, 4.69) is 19.2 Å². The molecule has 0 bridgehead atoms. The summed E-state index contributed by atoms with van der Waals surface area (Å²) < 4.78 is 5.82. The van der Waals surface area contributed by atoms with E-state index in [0.717, 1.165) is 41.7 Å². The zero-order valence-corrected chi connectivity index (χ0v) is 14.7. The van der Waals surface area contributed by atoms with Crippen molar-refractivity contribution in [2.24, 2.45) is 0 Å². The summed E-state index contributed by atoms with van der Waals surface area (Å²) in [5.41, 5.74) is 4.04. The molecule has 0 radical (unpaired) electrons. The average molecular weight is 319 g/mol. The molecule has 2 atom stereocenters. The number of hydrogen-bond donors (Lipinski definition) is 2. The molecule has 0 amide bonds. The Kier molecular flexibility index (Phi) is 6.19. The van der Waals surface area contributed by atoms with Crippen LogP contribution in [0.15, 0.2) is 6.07 Å². The van der Waals surface area contributed by atoms with E-state index < -0.39 is 6.10 Å². The summed E-state index contributed by atoms with van der Waals surface area (Å²) in [5.74, 6) is 0.940. The third-order valence-electron chi connectivity index (χ3n) is 4.72. The van der Waals surface area contributed by atoms with Crippen molar-refractivity contribution in [2.45, 2.75) is 65.5 Å². The van der Waals surface area contributed by atoms with Crippen LogP contribution in [0.5, 0.6) is 5.75 Å². The minimum absolute atomic E-state index is 0.219. The number of hydrogen-bond acceptors (Lipinski definition) is 4. The van der Waals surface area contributed by atoms with Crippen LogP contribution in [0.3, 0.4) is 0 Å². The second-order valence-electron chi connectivity index (χ2n) is 6.63. The summed E-state index contributed by atoms with van der Waals surface area (Å²) in [6.45, 7) is 8.92. The summed E-state index contributed by atoms with van der Waals surface area (Å²) in [7, 11) is 0. The first-order chi connectivity index (χ1) is 10.9. The molecule has 2 N–H and O–H groups in total. The fourth-order valence-corrected chi connectivity index (χ4v) is 3.07. The number of aliphatic hydroxyl groups excluding tert-OH is 1. The smallest absolute Gasteiger partial charge is 0.163 e. The molecule has 0 heterocycles. The van der Waals surface area contributed by atoms with Crippen molar-refractivity contribution in [1.82, 2.24) is 5.32 Å². The highest BCUT2D eigenvalue weighted by Crippen LogP contribution is 2.33. The van der Waals surface area contributed by atoms with Gasteiger partial charge in [0.05, 0.1) is 0 Å². The number of Topliss-reactive ketones (excluding diaryl/α,β-unsaturated/α-hetero) is 1. The molecule has 1 aromatic rings.